The summed E-state index contributed by atoms with van der Waals surface area (Å²) >= 11 is 0. The summed E-state index contributed by atoms with van der Waals surface area (Å²) in [5, 5.41) is 0. The summed E-state index contributed by atoms with van der Waals surface area (Å²) in [6.45, 7) is 5.10. The molecule has 6 nitrogen and oxygen atoms in total. The van der Waals surface area contributed by atoms with Crippen molar-refractivity contribution < 1.29 is 23.8 Å². The lowest BCUT2D eigenvalue weighted by molar-refractivity contribution is -0.151. The minimum atomic E-state index is -0.534. The summed E-state index contributed by atoms with van der Waals surface area (Å²) < 4.78 is 16.4. The lowest BCUT2D eigenvalue weighted by Crippen LogP contribution is -2.49. The molecule has 1 saturated heterocycles. The number of nitrogens with zero attached hydrogens (tertiary/aromatic N) is 1. The Morgan fingerprint density at radius 3 is 2.56 bits per heavy atom. The van der Waals surface area contributed by atoms with Crippen LogP contribution in [0.3, 0.4) is 0 Å². The van der Waals surface area contributed by atoms with Gasteiger partial charge in [0.25, 0.3) is 5.91 Å². The number of hydrogen-bond donors (Lipinski definition) is 0. The number of esters is 1. The Bertz CT molecular complexity index is 705. The van der Waals surface area contributed by atoms with Crippen LogP contribution in [0.5, 0.6) is 11.5 Å². The molecular weight excluding hydrogens is 346 g/mol. The quantitative estimate of drug-likeness (QED) is 0.599. The number of benzene rings is 1. The van der Waals surface area contributed by atoms with Gasteiger partial charge >= 0.3 is 5.97 Å². The topological polar surface area (TPSA) is 65.1 Å². The molecule has 146 valence electrons. The van der Waals surface area contributed by atoms with E-state index in [9.17, 15) is 9.59 Å². The molecule has 0 spiro atoms. The van der Waals surface area contributed by atoms with Gasteiger partial charge in [-0.15, -0.1) is 0 Å². The summed E-state index contributed by atoms with van der Waals surface area (Å²) in [7, 11) is 0. The van der Waals surface area contributed by atoms with Gasteiger partial charge in [0.1, 0.15) is 0 Å². The van der Waals surface area contributed by atoms with Crippen molar-refractivity contribution in [2.75, 3.05) is 19.8 Å². The molecule has 3 rings (SSSR count). The number of piperidine rings is 1. The Morgan fingerprint density at radius 2 is 1.81 bits per heavy atom. The van der Waals surface area contributed by atoms with Crippen LogP contribution in [-0.4, -0.2) is 48.7 Å². The smallest absolute Gasteiger partial charge is 0.331 e. The van der Waals surface area contributed by atoms with Gasteiger partial charge in [-0.3, -0.25) is 4.79 Å². The van der Waals surface area contributed by atoms with E-state index in [2.05, 4.69) is 0 Å². The highest BCUT2D eigenvalue weighted by atomic mass is 16.5. The van der Waals surface area contributed by atoms with Crippen LogP contribution >= 0.6 is 0 Å². The fraction of sp³-hybridized carbons (Fsp3) is 0.524. The maximum absolute atomic E-state index is 12.4. The third-order valence-corrected chi connectivity index (χ3v) is 5.00. The number of ether oxygens (including phenoxy) is 3. The minimum absolute atomic E-state index is 0.132. The predicted molar refractivity (Wildman–Crippen MR) is 102 cm³/mol. The monoisotopic (exact) mass is 373 g/mol. The molecule has 2 atom stereocenters. The number of fused-ring (bicyclic) bond motifs is 1. The normalized spacial score (nSPS) is 22.4. The lowest BCUT2D eigenvalue weighted by atomic mass is 9.97. The van der Waals surface area contributed by atoms with Gasteiger partial charge in [0, 0.05) is 24.6 Å². The average molecular weight is 373 g/mol. The van der Waals surface area contributed by atoms with Gasteiger partial charge < -0.3 is 19.1 Å². The second-order valence-corrected chi connectivity index (χ2v) is 7.13. The SMILES string of the molecule is C[C@@H]1CCC[C@@H](C)N1C(=O)COC(=O)/C=C/c1ccc2c(c1)OCCCO2. The Kier molecular flexibility index (Phi) is 6.37. The molecular formula is C21H27NO5. The summed E-state index contributed by atoms with van der Waals surface area (Å²) in [6.07, 6.45) is 6.93. The molecule has 2 aliphatic heterocycles. The van der Waals surface area contributed by atoms with Crippen LogP contribution in [0.25, 0.3) is 6.08 Å². The average Bonchev–Trinajstić information content (AvgIpc) is 2.89. The number of hydrogen-bond acceptors (Lipinski definition) is 5. The molecule has 0 radical (unpaired) electrons. The third kappa shape index (κ3) is 5.02. The van der Waals surface area contributed by atoms with E-state index < -0.39 is 5.97 Å². The summed E-state index contributed by atoms with van der Waals surface area (Å²) in [4.78, 5) is 26.2. The lowest BCUT2D eigenvalue weighted by Gasteiger charge is -2.38. The molecule has 0 unspecified atom stereocenters. The molecule has 0 aromatic heterocycles. The second-order valence-electron chi connectivity index (χ2n) is 7.13. The Hall–Kier alpha value is -2.50. The van der Waals surface area contributed by atoms with E-state index in [1.165, 1.54) is 6.08 Å². The molecule has 2 heterocycles. The first-order valence-corrected chi connectivity index (χ1v) is 9.60. The first kappa shape index (κ1) is 19.3. The summed E-state index contributed by atoms with van der Waals surface area (Å²) in [6, 6.07) is 5.88. The first-order valence-electron chi connectivity index (χ1n) is 9.60. The summed E-state index contributed by atoms with van der Waals surface area (Å²) in [5.74, 6) is 0.716. The van der Waals surface area contributed by atoms with Crippen LogP contribution in [0.4, 0.5) is 0 Å². The molecule has 1 fully saturated rings. The highest BCUT2D eigenvalue weighted by Crippen LogP contribution is 2.30. The van der Waals surface area contributed by atoms with Crippen LogP contribution in [0, 0.1) is 0 Å². The number of rotatable bonds is 4. The van der Waals surface area contributed by atoms with Crippen LogP contribution in [0.1, 0.15) is 45.1 Å². The molecule has 6 heteroatoms. The molecule has 0 bridgehead atoms. The van der Waals surface area contributed by atoms with Crippen molar-refractivity contribution in [1.29, 1.82) is 0 Å². The number of amides is 1. The highest BCUT2D eigenvalue weighted by molar-refractivity contribution is 5.89. The van der Waals surface area contributed by atoms with Crippen molar-refractivity contribution in [2.45, 2.75) is 51.6 Å². The molecule has 0 saturated carbocycles. The standard InChI is InChI=1S/C21H27NO5/c1-15-5-3-6-16(2)22(15)20(23)14-27-21(24)10-8-17-7-9-18-19(13-17)26-12-4-11-25-18/h7-10,13,15-16H,3-6,11-12,14H2,1-2H3/b10-8+/t15-,16-/m1/s1. The highest BCUT2D eigenvalue weighted by Gasteiger charge is 2.29. The van der Waals surface area contributed by atoms with Gasteiger partial charge in [-0.2, -0.15) is 0 Å². The van der Waals surface area contributed by atoms with Crippen molar-refractivity contribution in [3.05, 3.63) is 29.8 Å². The van der Waals surface area contributed by atoms with Gasteiger partial charge in [0.15, 0.2) is 18.1 Å². The Morgan fingerprint density at radius 1 is 1.11 bits per heavy atom. The van der Waals surface area contributed by atoms with Crippen LogP contribution in [0.15, 0.2) is 24.3 Å². The van der Waals surface area contributed by atoms with Gasteiger partial charge in [-0.05, 0) is 56.9 Å². The van der Waals surface area contributed by atoms with Crippen molar-refractivity contribution in [3.63, 3.8) is 0 Å². The molecule has 27 heavy (non-hydrogen) atoms. The number of carbonyl (C=O) groups is 2. The Labute approximate surface area is 160 Å². The van der Waals surface area contributed by atoms with Crippen LogP contribution < -0.4 is 9.47 Å². The maximum atomic E-state index is 12.4. The zero-order valence-corrected chi connectivity index (χ0v) is 16.0. The zero-order chi connectivity index (χ0) is 19.2. The van der Waals surface area contributed by atoms with Crippen molar-refractivity contribution >= 4 is 18.0 Å². The van der Waals surface area contributed by atoms with E-state index in [-0.39, 0.29) is 24.6 Å². The fourth-order valence-electron chi connectivity index (χ4n) is 3.62. The van der Waals surface area contributed by atoms with E-state index in [1.807, 2.05) is 36.9 Å². The van der Waals surface area contributed by atoms with Crippen LogP contribution in [0.2, 0.25) is 0 Å². The van der Waals surface area contributed by atoms with Crippen LogP contribution in [-0.2, 0) is 14.3 Å². The van der Waals surface area contributed by atoms with Gasteiger partial charge in [0.2, 0.25) is 0 Å². The maximum Gasteiger partial charge on any atom is 0.331 e. The van der Waals surface area contributed by atoms with Crippen molar-refractivity contribution in [2.24, 2.45) is 0 Å². The minimum Gasteiger partial charge on any atom is -0.490 e. The zero-order valence-electron chi connectivity index (χ0n) is 16.0. The van der Waals surface area contributed by atoms with E-state index in [0.29, 0.717) is 24.7 Å². The number of carbonyl (C=O) groups excluding carboxylic acids is 2. The fourth-order valence-corrected chi connectivity index (χ4v) is 3.62. The number of likely N-dealkylation sites (tertiary alicyclic amines) is 1. The summed E-state index contributed by atoms with van der Waals surface area (Å²) in [5.41, 5.74) is 0.806. The molecule has 0 aliphatic carbocycles. The first-order chi connectivity index (χ1) is 13.0. The molecule has 0 N–H and O–H groups in total. The van der Waals surface area contributed by atoms with E-state index in [4.69, 9.17) is 14.2 Å². The molecule has 2 aliphatic rings. The third-order valence-electron chi connectivity index (χ3n) is 5.00. The molecule has 1 aromatic carbocycles. The van der Waals surface area contributed by atoms with E-state index in [1.54, 1.807) is 6.08 Å². The Balaban J connectivity index is 1.53. The predicted octanol–water partition coefficient (Wildman–Crippen LogP) is 3.19. The molecule has 1 aromatic rings. The van der Waals surface area contributed by atoms with E-state index in [0.717, 1.165) is 31.2 Å². The van der Waals surface area contributed by atoms with E-state index >= 15 is 0 Å². The largest absolute Gasteiger partial charge is 0.490 e. The van der Waals surface area contributed by atoms with Crippen molar-refractivity contribution in [1.82, 2.24) is 4.90 Å². The van der Waals surface area contributed by atoms with Gasteiger partial charge in [0.05, 0.1) is 13.2 Å². The van der Waals surface area contributed by atoms with Gasteiger partial charge in [-0.25, -0.2) is 4.79 Å². The van der Waals surface area contributed by atoms with Gasteiger partial charge in [-0.1, -0.05) is 6.07 Å². The van der Waals surface area contributed by atoms with Crippen molar-refractivity contribution in [3.8, 4) is 11.5 Å². The molecule has 1 amide bonds. The second kappa shape index (κ2) is 8.93.